The lowest BCUT2D eigenvalue weighted by Crippen LogP contribution is -2.35. The average Bonchev–Trinajstić information content (AvgIpc) is 3.53. The normalized spacial score (nSPS) is 21.2. The van der Waals surface area contributed by atoms with E-state index in [0.29, 0.717) is 0 Å². The molecule has 4 atom stereocenters. The molecule has 0 N–H and O–H groups in total. The Morgan fingerprint density at radius 2 is 1.18 bits per heavy atom. The number of ether oxygens (including phenoxy) is 4. The molecule has 0 aliphatic heterocycles. The van der Waals surface area contributed by atoms with Gasteiger partial charge in [-0.05, 0) is 81.3 Å². The summed E-state index contributed by atoms with van der Waals surface area (Å²) in [5.74, 6) is -0.435. The van der Waals surface area contributed by atoms with Crippen molar-refractivity contribution < 1.29 is 28.5 Å². The van der Waals surface area contributed by atoms with Crippen molar-refractivity contribution in [3.05, 3.63) is 84.0 Å². The minimum Gasteiger partial charge on any atom is -0.490 e. The molecule has 206 valence electrons. The van der Waals surface area contributed by atoms with Gasteiger partial charge in [-0.1, -0.05) is 49.6 Å². The number of esters is 2. The number of benzene rings is 2. The van der Waals surface area contributed by atoms with Crippen molar-refractivity contribution in [2.24, 2.45) is 23.7 Å². The standard InChI is InChI=1S/C33H38O6/c1-7-24-15-22(9-13-28(24)38-20(3)4)18-36-32(34)30-26-11-12-27(17-26)31(30)33(35)37-19-23-10-14-29(39-21(5)6)25(8-2)16-23/h7-16,20-21,26-27,30-31H,1-2,17-19H2,3-6H3/t26-,27+,30-,31+. The summed E-state index contributed by atoms with van der Waals surface area (Å²) in [6, 6.07) is 11.3. The van der Waals surface area contributed by atoms with Crippen molar-refractivity contribution in [2.45, 2.75) is 59.5 Å². The van der Waals surface area contributed by atoms with Crippen molar-refractivity contribution in [1.82, 2.24) is 0 Å². The van der Waals surface area contributed by atoms with Gasteiger partial charge < -0.3 is 18.9 Å². The van der Waals surface area contributed by atoms with E-state index in [1.165, 1.54) is 0 Å². The highest BCUT2D eigenvalue weighted by Crippen LogP contribution is 2.49. The summed E-state index contributed by atoms with van der Waals surface area (Å²) in [5.41, 5.74) is 3.33. The second-order valence-corrected chi connectivity index (χ2v) is 10.7. The van der Waals surface area contributed by atoms with E-state index in [1.807, 2.05) is 76.2 Å². The monoisotopic (exact) mass is 530 g/mol. The second kappa shape index (κ2) is 12.4. The van der Waals surface area contributed by atoms with Crippen molar-refractivity contribution in [2.75, 3.05) is 0 Å². The van der Waals surface area contributed by atoms with Gasteiger partial charge in [0, 0.05) is 11.1 Å². The van der Waals surface area contributed by atoms with Gasteiger partial charge in [-0.2, -0.15) is 0 Å². The van der Waals surface area contributed by atoms with E-state index >= 15 is 0 Å². The van der Waals surface area contributed by atoms with Gasteiger partial charge in [0.25, 0.3) is 0 Å². The first-order valence-electron chi connectivity index (χ1n) is 13.6. The highest BCUT2D eigenvalue weighted by atomic mass is 16.5. The highest BCUT2D eigenvalue weighted by molar-refractivity contribution is 5.84. The van der Waals surface area contributed by atoms with Crippen LogP contribution in [0.25, 0.3) is 12.2 Å². The summed E-state index contributed by atoms with van der Waals surface area (Å²) >= 11 is 0. The smallest absolute Gasteiger partial charge is 0.310 e. The van der Waals surface area contributed by atoms with Crippen LogP contribution in [-0.4, -0.2) is 24.1 Å². The van der Waals surface area contributed by atoms with Crippen LogP contribution in [-0.2, 0) is 32.3 Å². The van der Waals surface area contributed by atoms with Gasteiger partial charge in [-0.3, -0.25) is 9.59 Å². The molecule has 2 aliphatic carbocycles. The zero-order chi connectivity index (χ0) is 28.1. The summed E-state index contributed by atoms with van der Waals surface area (Å²) in [7, 11) is 0. The highest BCUT2D eigenvalue weighted by Gasteiger charge is 2.53. The molecule has 0 unspecified atom stereocenters. The number of hydrogen-bond donors (Lipinski definition) is 0. The van der Waals surface area contributed by atoms with Crippen molar-refractivity contribution in [3.8, 4) is 11.5 Å². The fourth-order valence-electron chi connectivity index (χ4n) is 5.38. The molecule has 6 heteroatoms. The fourth-order valence-corrected chi connectivity index (χ4v) is 5.38. The molecule has 39 heavy (non-hydrogen) atoms. The SMILES string of the molecule is C=Cc1cc(COC(=O)[C@@H]2[C@H](C(=O)OCc3ccc(OC(C)C)c(C=C)c3)[C@@H]3C=C[C@H]2C3)ccc1OC(C)C. The number of carbonyl (C=O) groups is 2. The van der Waals surface area contributed by atoms with Crippen LogP contribution in [0.4, 0.5) is 0 Å². The largest absolute Gasteiger partial charge is 0.490 e. The Morgan fingerprint density at radius 3 is 1.54 bits per heavy atom. The van der Waals surface area contributed by atoms with Crippen LogP contribution in [0.3, 0.4) is 0 Å². The summed E-state index contributed by atoms with van der Waals surface area (Å²) in [6.45, 7) is 15.8. The molecular weight excluding hydrogens is 492 g/mol. The molecule has 1 fully saturated rings. The first-order chi connectivity index (χ1) is 18.7. The Bertz CT molecular complexity index is 1160. The third kappa shape index (κ3) is 6.62. The lowest BCUT2D eigenvalue weighted by atomic mass is 9.83. The molecule has 0 amide bonds. The molecule has 0 heterocycles. The molecule has 4 rings (SSSR count). The van der Waals surface area contributed by atoms with Gasteiger partial charge in [0.2, 0.25) is 0 Å². The predicted octanol–water partition coefficient (Wildman–Crippen LogP) is 6.77. The van der Waals surface area contributed by atoms with Crippen LogP contribution >= 0.6 is 0 Å². The second-order valence-electron chi connectivity index (χ2n) is 10.7. The maximum absolute atomic E-state index is 13.2. The number of hydrogen-bond acceptors (Lipinski definition) is 6. The zero-order valence-electron chi connectivity index (χ0n) is 23.2. The number of rotatable bonds is 12. The summed E-state index contributed by atoms with van der Waals surface area (Å²) in [6.07, 6.45) is 8.32. The quantitative estimate of drug-likeness (QED) is 0.223. The maximum Gasteiger partial charge on any atom is 0.310 e. The van der Waals surface area contributed by atoms with E-state index in [2.05, 4.69) is 13.2 Å². The van der Waals surface area contributed by atoms with Crippen molar-refractivity contribution in [3.63, 3.8) is 0 Å². The zero-order valence-corrected chi connectivity index (χ0v) is 23.2. The van der Waals surface area contributed by atoms with E-state index in [-0.39, 0.29) is 49.2 Å². The molecule has 0 aromatic heterocycles. The molecule has 0 spiro atoms. The van der Waals surface area contributed by atoms with Crippen LogP contribution in [0.1, 0.15) is 56.4 Å². The Balaban J connectivity index is 1.39. The third-order valence-corrected chi connectivity index (χ3v) is 7.08. The molecule has 6 nitrogen and oxygen atoms in total. The molecule has 2 aliphatic rings. The first-order valence-corrected chi connectivity index (χ1v) is 13.6. The van der Waals surface area contributed by atoms with E-state index < -0.39 is 11.8 Å². The van der Waals surface area contributed by atoms with Crippen LogP contribution in [0.2, 0.25) is 0 Å². The topological polar surface area (TPSA) is 71.1 Å². The van der Waals surface area contributed by atoms with Crippen LogP contribution in [0.5, 0.6) is 11.5 Å². The van der Waals surface area contributed by atoms with E-state index in [4.69, 9.17) is 18.9 Å². The van der Waals surface area contributed by atoms with Gasteiger partial charge in [0.05, 0.1) is 24.0 Å². The van der Waals surface area contributed by atoms with Gasteiger partial charge in [0.15, 0.2) is 0 Å². The minimum absolute atomic E-state index is 0.0227. The number of fused-ring (bicyclic) bond motifs is 2. The minimum atomic E-state index is -0.555. The Kier molecular flexibility index (Phi) is 8.95. The van der Waals surface area contributed by atoms with Crippen molar-refractivity contribution >= 4 is 24.1 Å². The Labute approximate surface area is 231 Å². The number of carbonyl (C=O) groups excluding carboxylic acids is 2. The molecular formula is C33H38O6. The maximum atomic E-state index is 13.2. The third-order valence-electron chi connectivity index (χ3n) is 7.08. The number of allylic oxidation sites excluding steroid dienone is 2. The predicted molar refractivity (Wildman–Crippen MR) is 152 cm³/mol. The Hall–Kier alpha value is -3.80. The van der Waals surface area contributed by atoms with Crippen LogP contribution < -0.4 is 9.47 Å². The molecule has 2 aromatic rings. The van der Waals surface area contributed by atoms with Crippen LogP contribution in [0, 0.1) is 23.7 Å². The molecule has 2 bridgehead atoms. The fraction of sp³-hybridized carbons (Fsp3) is 0.394. The van der Waals surface area contributed by atoms with Gasteiger partial charge >= 0.3 is 11.9 Å². The average molecular weight is 531 g/mol. The van der Waals surface area contributed by atoms with E-state index in [9.17, 15) is 9.59 Å². The first kappa shape index (κ1) is 28.2. The lowest BCUT2D eigenvalue weighted by Gasteiger charge is -2.25. The van der Waals surface area contributed by atoms with E-state index in [1.54, 1.807) is 12.2 Å². The summed E-state index contributed by atoms with van der Waals surface area (Å²) < 4.78 is 23.1. The summed E-state index contributed by atoms with van der Waals surface area (Å²) in [5, 5.41) is 0. The van der Waals surface area contributed by atoms with Gasteiger partial charge in [0.1, 0.15) is 24.7 Å². The Morgan fingerprint density at radius 1 is 0.769 bits per heavy atom. The molecule has 0 saturated heterocycles. The van der Waals surface area contributed by atoms with Gasteiger partial charge in [-0.25, -0.2) is 0 Å². The van der Waals surface area contributed by atoms with E-state index in [0.717, 1.165) is 40.2 Å². The molecule has 1 saturated carbocycles. The molecule has 2 aromatic carbocycles. The van der Waals surface area contributed by atoms with Gasteiger partial charge in [-0.15, -0.1) is 0 Å². The lowest BCUT2D eigenvalue weighted by molar-refractivity contribution is -0.162. The van der Waals surface area contributed by atoms with Crippen molar-refractivity contribution in [1.29, 1.82) is 0 Å². The summed E-state index contributed by atoms with van der Waals surface area (Å²) in [4.78, 5) is 26.5. The van der Waals surface area contributed by atoms with Crippen LogP contribution in [0.15, 0.2) is 61.7 Å². The molecule has 0 radical (unpaired) electrons.